The Labute approximate surface area is 74.3 Å². The van der Waals surface area contributed by atoms with Crippen LogP contribution in [-0.2, 0) is 4.79 Å². The Morgan fingerprint density at radius 1 is 1.58 bits per heavy atom. The maximum atomic E-state index is 10.3. The maximum Gasteiger partial charge on any atom is 0.172 e. The van der Waals surface area contributed by atoms with Crippen LogP contribution in [0.1, 0.15) is 5.56 Å². The number of carbonyl (C=O) groups excluding carboxylic acids is 1. The van der Waals surface area contributed by atoms with Crippen LogP contribution in [0.2, 0.25) is 5.02 Å². The fraction of sp³-hybridized carbons (Fsp3) is 0. The van der Waals surface area contributed by atoms with Gasteiger partial charge in [0.2, 0.25) is 0 Å². The minimum atomic E-state index is -0.0301. The van der Waals surface area contributed by atoms with Crippen LogP contribution >= 0.6 is 11.6 Å². The second-order valence-corrected chi connectivity index (χ2v) is 2.55. The van der Waals surface area contributed by atoms with Gasteiger partial charge in [-0.05, 0) is 12.1 Å². The molecule has 1 rings (SSSR count). The van der Waals surface area contributed by atoms with E-state index in [-0.39, 0.29) is 5.71 Å². The third kappa shape index (κ3) is 1.83. The van der Waals surface area contributed by atoms with Gasteiger partial charge in [-0.3, -0.25) is 4.79 Å². The van der Waals surface area contributed by atoms with E-state index in [2.05, 4.69) is 5.16 Å². The summed E-state index contributed by atoms with van der Waals surface area (Å²) in [5, 5.41) is 11.7. The Hall–Kier alpha value is -1.35. The van der Waals surface area contributed by atoms with Crippen molar-refractivity contribution in [2.75, 3.05) is 0 Å². The standard InChI is InChI=1S/C8H6ClNO2/c9-7-3-1-2-6(4-7)8(5-11)10-12/h1-5,12H. The quantitative estimate of drug-likeness (QED) is 0.329. The first-order chi connectivity index (χ1) is 5.77. The highest BCUT2D eigenvalue weighted by Gasteiger charge is 2.01. The average Bonchev–Trinajstić information content (AvgIpc) is 2.07. The molecule has 0 radical (unpaired) electrons. The monoisotopic (exact) mass is 183 g/mol. The third-order valence-electron chi connectivity index (χ3n) is 1.34. The van der Waals surface area contributed by atoms with E-state index in [0.717, 1.165) is 0 Å². The Balaban J connectivity index is 3.10. The van der Waals surface area contributed by atoms with E-state index in [1.165, 1.54) is 0 Å². The molecule has 0 unspecified atom stereocenters. The Morgan fingerprint density at radius 2 is 2.33 bits per heavy atom. The normalized spacial score (nSPS) is 11.2. The van der Waals surface area contributed by atoms with Gasteiger partial charge in [0.1, 0.15) is 5.71 Å². The SMILES string of the molecule is O=CC(=NO)c1cccc(Cl)c1. The van der Waals surface area contributed by atoms with Crippen molar-refractivity contribution in [3.05, 3.63) is 34.9 Å². The van der Waals surface area contributed by atoms with E-state index in [0.29, 0.717) is 16.9 Å². The Morgan fingerprint density at radius 3 is 2.83 bits per heavy atom. The van der Waals surface area contributed by atoms with Crippen LogP contribution in [-0.4, -0.2) is 17.2 Å². The maximum absolute atomic E-state index is 10.3. The molecule has 0 spiro atoms. The fourth-order valence-corrected chi connectivity index (χ4v) is 0.987. The van der Waals surface area contributed by atoms with Crippen LogP contribution in [0.4, 0.5) is 0 Å². The molecular formula is C8H6ClNO2. The van der Waals surface area contributed by atoms with Crippen molar-refractivity contribution >= 4 is 23.6 Å². The predicted octanol–water partition coefficient (Wildman–Crippen LogP) is 1.72. The molecule has 0 bridgehead atoms. The highest BCUT2D eigenvalue weighted by molar-refractivity contribution is 6.37. The summed E-state index contributed by atoms with van der Waals surface area (Å²) in [7, 11) is 0. The fourth-order valence-electron chi connectivity index (χ4n) is 0.797. The van der Waals surface area contributed by atoms with Crippen LogP contribution < -0.4 is 0 Å². The summed E-state index contributed by atoms with van der Waals surface area (Å²) in [6.45, 7) is 0. The minimum Gasteiger partial charge on any atom is -0.410 e. The van der Waals surface area contributed by atoms with E-state index in [9.17, 15) is 4.79 Å². The molecular weight excluding hydrogens is 178 g/mol. The van der Waals surface area contributed by atoms with Crippen molar-refractivity contribution in [1.82, 2.24) is 0 Å². The second kappa shape index (κ2) is 3.88. The summed E-state index contributed by atoms with van der Waals surface area (Å²) in [5.41, 5.74) is 0.470. The lowest BCUT2D eigenvalue weighted by molar-refractivity contribution is -0.102. The van der Waals surface area contributed by atoms with Gasteiger partial charge in [-0.2, -0.15) is 0 Å². The van der Waals surface area contributed by atoms with Gasteiger partial charge < -0.3 is 5.21 Å². The molecule has 0 aliphatic heterocycles. The number of halogens is 1. The third-order valence-corrected chi connectivity index (χ3v) is 1.57. The molecule has 0 saturated carbocycles. The number of hydrogen-bond acceptors (Lipinski definition) is 3. The highest BCUT2D eigenvalue weighted by atomic mass is 35.5. The van der Waals surface area contributed by atoms with Gasteiger partial charge in [-0.15, -0.1) is 0 Å². The van der Waals surface area contributed by atoms with Crippen LogP contribution in [0, 0.1) is 0 Å². The number of oxime groups is 1. The van der Waals surface area contributed by atoms with Crippen molar-refractivity contribution < 1.29 is 10.0 Å². The zero-order chi connectivity index (χ0) is 8.97. The highest BCUT2D eigenvalue weighted by Crippen LogP contribution is 2.10. The number of carbonyl (C=O) groups is 1. The lowest BCUT2D eigenvalue weighted by atomic mass is 10.1. The molecule has 0 atom stereocenters. The van der Waals surface area contributed by atoms with E-state index in [4.69, 9.17) is 16.8 Å². The van der Waals surface area contributed by atoms with Crippen molar-refractivity contribution in [3.63, 3.8) is 0 Å². The molecule has 0 aliphatic carbocycles. The number of hydrogen-bond donors (Lipinski definition) is 1. The molecule has 12 heavy (non-hydrogen) atoms. The van der Waals surface area contributed by atoms with E-state index in [1.54, 1.807) is 24.3 Å². The van der Waals surface area contributed by atoms with Crippen LogP contribution in [0.3, 0.4) is 0 Å². The lowest BCUT2D eigenvalue weighted by Crippen LogP contribution is -2.01. The first kappa shape index (κ1) is 8.74. The summed E-state index contributed by atoms with van der Waals surface area (Å²) in [4.78, 5) is 10.3. The molecule has 62 valence electrons. The molecule has 4 heteroatoms. The van der Waals surface area contributed by atoms with Crippen molar-refractivity contribution in [2.45, 2.75) is 0 Å². The first-order valence-corrected chi connectivity index (χ1v) is 3.59. The largest absolute Gasteiger partial charge is 0.410 e. The molecule has 0 aliphatic rings. The summed E-state index contributed by atoms with van der Waals surface area (Å²) in [6, 6.07) is 6.53. The average molecular weight is 184 g/mol. The zero-order valence-electron chi connectivity index (χ0n) is 6.07. The molecule has 0 heterocycles. The van der Waals surface area contributed by atoms with Gasteiger partial charge >= 0.3 is 0 Å². The second-order valence-electron chi connectivity index (χ2n) is 2.11. The molecule has 0 aromatic heterocycles. The van der Waals surface area contributed by atoms with Crippen molar-refractivity contribution in [2.24, 2.45) is 5.16 Å². The van der Waals surface area contributed by atoms with Crippen molar-refractivity contribution in [1.29, 1.82) is 0 Å². The van der Waals surface area contributed by atoms with Gasteiger partial charge in [-0.25, -0.2) is 0 Å². The van der Waals surface area contributed by atoms with Crippen LogP contribution in [0.15, 0.2) is 29.4 Å². The van der Waals surface area contributed by atoms with Crippen molar-refractivity contribution in [3.8, 4) is 0 Å². The first-order valence-electron chi connectivity index (χ1n) is 3.21. The van der Waals surface area contributed by atoms with E-state index >= 15 is 0 Å². The minimum absolute atomic E-state index is 0.0301. The molecule has 1 aromatic rings. The van der Waals surface area contributed by atoms with Gasteiger partial charge in [-0.1, -0.05) is 28.9 Å². The number of benzene rings is 1. The molecule has 0 amide bonds. The predicted molar refractivity (Wildman–Crippen MR) is 45.8 cm³/mol. The van der Waals surface area contributed by atoms with E-state index < -0.39 is 0 Å². The number of rotatable bonds is 2. The molecule has 3 nitrogen and oxygen atoms in total. The van der Waals surface area contributed by atoms with Gasteiger partial charge in [0.15, 0.2) is 6.29 Å². The number of nitrogens with zero attached hydrogens (tertiary/aromatic N) is 1. The summed E-state index contributed by atoms with van der Waals surface area (Å²) >= 11 is 5.65. The molecule has 1 N–H and O–H groups in total. The topological polar surface area (TPSA) is 49.7 Å². The number of aldehydes is 1. The van der Waals surface area contributed by atoms with Gasteiger partial charge in [0.05, 0.1) is 0 Å². The smallest absolute Gasteiger partial charge is 0.172 e. The van der Waals surface area contributed by atoms with Crippen LogP contribution in [0.5, 0.6) is 0 Å². The van der Waals surface area contributed by atoms with Crippen LogP contribution in [0.25, 0.3) is 0 Å². The van der Waals surface area contributed by atoms with Gasteiger partial charge in [0, 0.05) is 10.6 Å². The summed E-state index contributed by atoms with van der Waals surface area (Å²) in [6.07, 6.45) is 0.464. The summed E-state index contributed by atoms with van der Waals surface area (Å²) < 4.78 is 0. The lowest BCUT2D eigenvalue weighted by Gasteiger charge is -1.96. The van der Waals surface area contributed by atoms with Gasteiger partial charge in [0.25, 0.3) is 0 Å². The zero-order valence-corrected chi connectivity index (χ0v) is 6.82. The Kier molecular flexibility index (Phi) is 2.82. The van der Waals surface area contributed by atoms with E-state index in [1.807, 2.05) is 0 Å². The molecule has 0 fully saturated rings. The Bertz CT molecular complexity index is 323. The molecule has 1 aromatic carbocycles. The molecule has 0 saturated heterocycles. The summed E-state index contributed by atoms with van der Waals surface area (Å²) in [5.74, 6) is 0.